The standard InChI is InChI=1S/C15H20FN/c16-15(12-7-4-8-17-10-12)14-9-13(14)11-5-2-1-3-6-11/h1-3,5-6,12-15,17H,4,7-10H2. The Balaban J connectivity index is 1.60. The van der Waals surface area contributed by atoms with Crippen LogP contribution in [0.15, 0.2) is 30.3 Å². The second kappa shape index (κ2) is 4.77. The summed E-state index contributed by atoms with van der Waals surface area (Å²) in [7, 11) is 0. The lowest BCUT2D eigenvalue weighted by molar-refractivity contribution is 0.167. The number of rotatable bonds is 3. The van der Waals surface area contributed by atoms with Crippen LogP contribution in [0.4, 0.5) is 4.39 Å². The highest BCUT2D eigenvalue weighted by Crippen LogP contribution is 2.52. The van der Waals surface area contributed by atoms with Crippen LogP contribution >= 0.6 is 0 Å². The van der Waals surface area contributed by atoms with Crippen LogP contribution in [0.5, 0.6) is 0 Å². The number of hydrogen-bond acceptors (Lipinski definition) is 1. The minimum atomic E-state index is -0.604. The largest absolute Gasteiger partial charge is 0.316 e. The van der Waals surface area contributed by atoms with Crippen LogP contribution < -0.4 is 5.32 Å². The molecule has 0 aromatic heterocycles. The fourth-order valence-electron chi connectivity index (χ4n) is 3.15. The molecule has 1 aliphatic heterocycles. The molecule has 0 amide bonds. The number of benzene rings is 1. The molecule has 1 aliphatic carbocycles. The Morgan fingerprint density at radius 1 is 1.24 bits per heavy atom. The van der Waals surface area contributed by atoms with Crippen LogP contribution in [0.2, 0.25) is 0 Å². The normalized spacial score (nSPS) is 34.3. The number of alkyl halides is 1. The van der Waals surface area contributed by atoms with Crippen molar-refractivity contribution in [3.8, 4) is 0 Å². The van der Waals surface area contributed by atoms with Gasteiger partial charge in [-0.2, -0.15) is 0 Å². The van der Waals surface area contributed by atoms with E-state index in [1.54, 1.807) is 0 Å². The molecule has 0 spiro atoms. The predicted octanol–water partition coefficient (Wildman–Crippen LogP) is 3.13. The van der Waals surface area contributed by atoms with E-state index >= 15 is 0 Å². The maximum absolute atomic E-state index is 14.4. The third kappa shape index (κ3) is 2.37. The Hall–Kier alpha value is -0.890. The van der Waals surface area contributed by atoms with Crippen LogP contribution in [0, 0.1) is 11.8 Å². The lowest BCUT2D eigenvalue weighted by atomic mass is 9.91. The highest BCUT2D eigenvalue weighted by molar-refractivity contribution is 5.26. The second-order valence-electron chi connectivity index (χ2n) is 5.47. The molecular weight excluding hydrogens is 213 g/mol. The van der Waals surface area contributed by atoms with Crippen molar-refractivity contribution < 1.29 is 4.39 Å². The summed E-state index contributed by atoms with van der Waals surface area (Å²) in [6.07, 6.45) is 2.63. The maximum Gasteiger partial charge on any atom is 0.108 e. The fraction of sp³-hybridized carbons (Fsp3) is 0.600. The number of nitrogens with one attached hydrogen (secondary N) is 1. The first-order valence-electron chi connectivity index (χ1n) is 6.76. The first-order valence-corrected chi connectivity index (χ1v) is 6.76. The third-order valence-corrected chi connectivity index (χ3v) is 4.26. The molecule has 17 heavy (non-hydrogen) atoms. The quantitative estimate of drug-likeness (QED) is 0.845. The topological polar surface area (TPSA) is 12.0 Å². The average molecular weight is 233 g/mol. The minimum Gasteiger partial charge on any atom is -0.316 e. The third-order valence-electron chi connectivity index (χ3n) is 4.26. The predicted molar refractivity (Wildman–Crippen MR) is 67.8 cm³/mol. The molecule has 2 aliphatic rings. The van der Waals surface area contributed by atoms with Gasteiger partial charge in [-0.1, -0.05) is 30.3 Å². The number of halogens is 1. The lowest BCUT2D eigenvalue weighted by Gasteiger charge is -2.26. The van der Waals surface area contributed by atoms with Crippen molar-refractivity contribution in [3.63, 3.8) is 0 Å². The summed E-state index contributed by atoms with van der Waals surface area (Å²) in [6.45, 7) is 1.94. The fourth-order valence-corrected chi connectivity index (χ4v) is 3.15. The Morgan fingerprint density at radius 3 is 2.76 bits per heavy atom. The molecule has 3 rings (SSSR count). The summed E-state index contributed by atoms with van der Waals surface area (Å²) in [4.78, 5) is 0. The van der Waals surface area contributed by atoms with Gasteiger partial charge in [-0.15, -0.1) is 0 Å². The van der Waals surface area contributed by atoms with Gasteiger partial charge in [-0.05, 0) is 43.2 Å². The van der Waals surface area contributed by atoms with Crippen molar-refractivity contribution in [3.05, 3.63) is 35.9 Å². The molecule has 0 radical (unpaired) electrons. The van der Waals surface area contributed by atoms with Gasteiger partial charge in [-0.25, -0.2) is 4.39 Å². The van der Waals surface area contributed by atoms with E-state index in [1.165, 1.54) is 5.56 Å². The molecule has 2 fully saturated rings. The van der Waals surface area contributed by atoms with Crippen LogP contribution in [0.3, 0.4) is 0 Å². The average Bonchev–Trinajstić information content (AvgIpc) is 3.20. The van der Waals surface area contributed by atoms with Gasteiger partial charge >= 0.3 is 0 Å². The van der Waals surface area contributed by atoms with Crippen molar-refractivity contribution in [1.29, 1.82) is 0 Å². The SMILES string of the molecule is FC(C1CCCNC1)C1CC1c1ccccc1. The summed E-state index contributed by atoms with van der Waals surface area (Å²) < 4.78 is 14.4. The van der Waals surface area contributed by atoms with E-state index in [2.05, 4.69) is 29.6 Å². The molecule has 1 nitrogen and oxygen atoms in total. The maximum atomic E-state index is 14.4. The Morgan fingerprint density at radius 2 is 2.06 bits per heavy atom. The van der Waals surface area contributed by atoms with E-state index in [9.17, 15) is 4.39 Å². The Labute approximate surface area is 102 Å². The van der Waals surface area contributed by atoms with Gasteiger partial charge in [0.2, 0.25) is 0 Å². The minimum absolute atomic E-state index is 0.252. The van der Waals surface area contributed by atoms with Crippen LogP contribution in [0.25, 0.3) is 0 Å². The lowest BCUT2D eigenvalue weighted by Crippen LogP contribution is -2.36. The van der Waals surface area contributed by atoms with Crippen LogP contribution in [-0.4, -0.2) is 19.3 Å². The Kier molecular flexibility index (Phi) is 3.15. The van der Waals surface area contributed by atoms with Crippen molar-refractivity contribution in [2.45, 2.75) is 31.4 Å². The Bertz CT molecular complexity index is 358. The van der Waals surface area contributed by atoms with E-state index in [1.807, 2.05) is 6.07 Å². The van der Waals surface area contributed by atoms with Gasteiger partial charge in [0, 0.05) is 12.5 Å². The number of hydrogen-bond donors (Lipinski definition) is 1. The molecule has 1 saturated carbocycles. The van der Waals surface area contributed by atoms with Gasteiger partial charge in [-0.3, -0.25) is 0 Å². The van der Waals surface area contributed by atoms with Crippen LogP contribution in [-0.2, 0) is 0 Å². The van der Waals surface area contributed by atoms with E-state index in [0.717, 1.165) is 32.4 Å². The zero-order chi connectivity index (χ0) is 11.7. The molecule has 1 aromatic rings. The molecule has 4 unspecified atom stereocenters. The van der Waals surface area contributed by atoms with Gasteiger partial charge in [0.25, 0.3) is 0 Å². The molecule has 4 atom stereocenters. The summed E-state index contributed by atoms with van der Waals surface area (Å²) in [5, 5.41) is 3.31. The molecule has 1 aromatic carbocycles. The molecule has 0 bridgehead atoms. The molecule has 92 valence electrons. The summed E-state index contributed by atoms with van der Waals surface area (Å²) in [5.41, 5.74) is 1.32. The van der Waals surface area contributed by atoms with E-state index < -0.39 is 6.17 Å². The molecule has 1 heterocycles. The van der Waals surface area contributed by atoms with Gasteiger partial charge in [0.05, 0.1) is 0 Å². The van der Waals surface area contributed by atoms with Crippen molar-refractivity contribution >= 4 is 0 Å². The first-order chi connectivity index (χ1) is 8.36. The van der Waals surface area contributed by atoms with E-state index in [4.69, 9.17) is 0 Å². The highest BCUT2D eigenvalue weighted by atomic mass is 19.1. The molecule has 2 heteroatoms. The van der Waals surface area contributed by atoms with Crippen molar-refractivity contribution in [1.82, 2.24) is 5.32 Å². The van der Waals surface area contributed by atoms with E-state index in [0.29, 0.717) is 5.92 Å². The second-order valence-corrected chi connectivity index (χ2v) is 5.47. The zero-order valence-corrected chi connectivity index (χ0v) is 10.1. The summed E-state index contributed by atoms with van der Waals surface area (Å²) in [5.74, 6) is 1.01. The van der Waals surface area contributed by atoms with Crippen molar-refractivity contribution in [2.24, 2.45) is 11.8 Å². The molecule has 1 saturated heterocycles. The van der Waals surface area contributed by atoms with Gasteiger partial charge in [0.1, 0.15) is 6.17 Å². The smallest absolute Gasteiger partial charge is 0.108 e. The van der Waals surface area contributed by atoms with Crippen LogP contribution in [0.1, 0.15) is 30.7 Å². The monoisotopic (exact) mass is 233 g/mol. The van der Waals surface area contributed by atoms with Crippen molar-refractivity contribution in [2.75, 3.05) is 13.1 Å². The van der Waals surface area contributed by atoms with E-state index in [-0.39, 0.29) is 11.8 Å². The zero-order valence-electron chi connectivity index (χ0n) is 10.1. The highest BCUT2D eigenvalue weighted by Gasteiger charge is 2.46. The van der Waals surface area contributed by atoms with Gasteiger partial charge < -0.3 is 5.32 Å². The summed E-state index contributed by atoms with van der Waals surface area (Å²) in [6, 6.07) is 10.4. The summed E-state index contributed by atoms with van der Waals surface area (Å²) >= 11 is 0. The number of piperidine rings is 1. The first kappa shape index (κ1) is 11.2. The molecule has 1 N–H and O–H groups in total. The van der Waals surface area contributed by atoms with Gasteiger partial charge in [0.15, 0.2) is 0 Å². The molecular formula is C15H20FN.